The van der Waals surface area contributed by atoms with Crippen LogP contribution in [0.1, 0.15) is 32.4 Å². The van der Waals surface area contributed by atoms with Crippen molar-refractivity contribution in [2.24, 2.45) is 0 Å². The molecule has 0 atom stereocenters. The topological polar surface area (TPSA) is 56.6 Å². The second kappa shape index (κ2) is 7.38. The minimum absolute atomic E-state index is 0.0757. The molecule has 0 aliphatic heterocycles. The van der Waals surface area contributed by atoms with Crippen LogP contribution in [0.3, 0.4) is 0 Å². The Morgan fingerprint density at radius 2 is 1.86 bits per heavy atom. The first-order chi connectivity index (χ1) is 10.2. The smallest absolute Gasteiger partial charge is 0.137 e. The summed E-state index contributed by atoms with van der Waals surface area (Å²) >= 11 is 0. The van der Waals surface area contributed by atoms with Gasteiger partial charge in [0.2, 0.25) is 0 Å². The third-order valence-electron chi connectivity index (χ3n) is 3.93. The number of nitrogens with zero attached hydrogens (tertiary/aromatic N) is 2. The lowest BCUT2D eigenvalue weighted by atomic mass is 10.1. The zero-order valence-electron chi connectivity index (χ0n) is 12.8. The van der Waals surface area contributed by atoms with Crippen LogP contribution in [0, 0.1) is 0 Å². The molecule has 2 rings (SSSR count). The Hall–Kier alpha value is -1.65. The van der Waals surface area contributed by atoms with Crippen molar-refractivity contribution >= 4 is 16.6 Å². The largest absolute Gasteiger partial charge is 0.395 e. The van der Waals surface area contributed by atoms with Gasteiger partial charge in [-0.1, -0.05) is 38.1 Å². The third kappa shape index (κ3) is 3.34. The van der Waals surface area contributed by atoms with E-state index >= 15 is 0 Å². The van der Waals surface area contributed by atoms with E-state index in [4.69, 9.17) is 0 Å². The molecule has 0 bridgehead atoms. The zero-order valence-corrected chi connectivity index (χ0v) is 12.8. The molecule has 0 amide bonds. The molecule has 1 aromatic heterocycles. The van der Waals surface area contributed by atoms with Crippen LogP contribution < -0.4 is 4.90 Å². The van der Waals surface area contributed by atoms with E-state index in [0.717, 1.165) is 29.4 Å². The quantitative estimate of drug-likeness (QED) is 0.822. The Labute approximate surface area is 126 Å². The first-order valence-electron chi connectivity index (χ1n) is 7.62. The fraction of sp³-hybridized carbons (Fsp3) is 0.471. The maximum atomic E-state index is 9.46. The minimum Gasteiger partial charge on any atom is -0.395 e. The van der Waals surface area contributed by atoms with Gasteiger partial charge >= 0.3 is 0 Å². The number of aliphatic hydroxyl groups is 2. The SMILES string of the molecule is CCC(CC)N(CCO)c1nc(CO)cc2ccccc12. The van der Waals surface area contributed by atoms with Crippen LogP contribution in [0.2, 0.25) is 0 Å². The Balaban J connectivity index is 2.59. The molecule has 2 N–H and O–H groups in total. The van der Waals surface area contributed by atoms with Crippen molar-refractivity contribution in [3.05, 3.63) is 36.0 Å². The van der Waals surface area contributed by atoms with Crippen LogP contribution in [0.25, 0.3) is 10.8 Å². The van der Waals surface area contributed by atoms with Gasteiger partial charge in [-0.2, -0.15) is 0 Å². The number of anilines is 1. The summed E-state index contributed by atoms with van der Waals surface area (Å²) < 4.78 is 0. The predicted octanol–water partition coefficient (Wildman–Crippen LogP) is 2.71. The number of fused-ring (bicyclic) bond motifs is 1. The van der Waals surface area contributed by atoms with E-state index in [1.165, 1.54) is 0 Å². The van der Waals surface area contributed by atoms with Crippen LogP contribution in [0.5, 0.6) is 0 Å². The summed E-state index contributed by atoms with van der Waals surface area (Å²) in [4.78, 5) is 6.79. The van der Waals surface area contributed by atoms with Crippen LogP contribution >= 0.6 is 0 Å². The van der Waals surface area contributed by atoms with Gasteiger partial charge in [0.1, 0.15) is 5.82 Å². The van der Waals surface area contributed by atoms with Crippen LogP contribution in [0.15, 0.2) is 30.3 Å². The van der Waals surface area contributed by atoms with Gasteiger partial charge in [-0.05, 0) is 24.3 Å². The van der Waals surface area contributed by atoms with Crippen molar-refractivity contribution in [2.75, 3.05) is 18.1 Å². The molecule has 0 saturated carbocycles. The number of rotatable bonds is 7. The zero-order chi connectivity index (χ0) is 15.2. The van der Waals surface area contributed by atoms with Gasteiger partial charge in [-0.25, -0.2) is 4.98 Å². The predicted molar refractivity (Wildman–Crippen MR) is 86.5 cm³/mol. The van der Waals surface area contributed by atoms with Crippen molar-refractivity contribution in [3.63, 3.8) is 0 Å². The standard InChI is InChI=1S/C17H24N2O2/c1-3-15(4-2)19(9-10-20)17-16-8-6-5-7-13(16)11-14(12-21)18-17/h5-8,11,15,20-21H,3-4,9-10,12H2,1-2H3. The number of aliphatic hydroxyl groups excluding tert-OH is 2. The Morgan fingerprint density at radius 3 is 2.48 bits per heavy atom. The molecule has 0 fully saturated rings. The first kappa shape index (κ1) is 15.7. The van der Waals surface area contributed by atoms with E-state index in [1.54, 1.807) is 0 Å². The van der Waals surface area contributed by atoms with Gasteiger partial charge in [0.05, 0.1) is 18.9 Å². The Kier molecular flexibility index (Phi) is 5.53. The van der Waals surface area contributed by atoms with Crippen molar-refractivity contribution in [2.45, 2.75) is 39.3 Å². The Morgan fingerprint density at radius 1 is 1.14 bits per heavy atom. The second-order valence-electron chi connectivity index (χ2n) is 5.20. The van der Waals surface area contributed by atoms with E-state index in [9.17, 15) is 10.2 Å². The van der Waals surface area contributed by atoms with E-state index in [1.807, 2.05) is 30.3 Å². The molecule has 0 aliphatic carbocycles. The van der Waals surface area contributed by atoms with E-state index in [-0.39, 0.29) is 13.2 Å². The van der Waals surface area contributed by atoms with Crippen LogP contribution in [-0.4, -0.2) is 34.4 Å². The third-order valence-corrected chi connectivity index (χ3v) is 3.93. The summed E-state index contributed by atoms with van der Waals surface area (Å²) in [5.41, 5.74) is 0.664. The van der Waals surface area contributed by atoms with Crippen molar-refractivity contribution in [1.29, 1.82) is 0 Å². The molecular formula is C17H24N2O2. The highest BCUT2D eigenvalue weighted by molar-refractivity contribution is 5.92. The minimum atomic E-state index is -0.0757. The molecule has 0 radical (unpaired) electrons. The van der Waals surface area contributed by atoms with E-state index in [2.05, 4.69) is 23.7 Å². The molecule has 0 aliphatic rings. The van der Waals surface area contributed by atoms with Crippen molar-refractivity contribution in [3.8, 4) is 0 Å². The number of pyridine rings is 1. The normalized spacial score (nSPS) is 11.3. The van der Waals surface area contributed by atoms with Crippen molar-refractivity contribution < 1.29 is 10.2 Å². The fourth-order valence-electron chi connectivity index (χ4n) is 2.83. The first-order valence-corrected chi connectivity index (χ1v) is 7.62. The van der Waals surface area contributed by atoms with Gasteiger partial charge in [0.25, 0.3) is 0 Å². The highest BCUT2D eigenvalue weighted by Crippen LogP contribution is 2.28. The number of hydrogen-bond acceptors (Lipinski definition) is 4. The van der Waals surface area contributed by atoms with Crippen molar-refractivity contribution in [1.82, 2.24) is 4.98 Å². The molecule has 4 nitrogen and oxygen atoms in total. The van der Waals surface area contributed by atoms with Gasteiger partial charge in [-0.15, -0.1) is 0 Å². The Bertz CT molecular complexity index is 582. The van der Waals surface area contributed by atoms with Crippen LogP contribution in [-0.2, 0) is 6.61 Å². The van der Waals surface area contributed by atoms with Gasteiger partial charge in [0, 0.05) is 18.0 Å². The maximum Gasteiger partial charge on any atom is 0.137 e. The van der Waals surface area contributed by atoms with Gasteiger partial charge in [-0.3, -0.25) is 0 Å². The molecule has 21 heavy (non-hydrogen) atoms. The molecule has 2 aromatic rings. The molecule has 4 heteroatoms. The second-order valence-corrected chi connectivity index (χ2v) is 5.20. The fourth-order valence-corrected chi connectivity index (χ4v) is 2.83. The van der Waals surface area contributed by atoms with Crippen LogP contribution in [0.4, 0.5) is 5.82 Å². The molecule has 1 heterocycles. The molecule has 1 aromatic carbocycles. The molecule has 0 unspecified atom stereocenters. The number of hydrogen-bond donors (Lipinski definition) is 2. The lowest BCUT2D eigenvalue weighted by molar-refractivity contribution is 0.276. The van der Waals surface area contributed by atoms with E-state index in [0.29, 0.717) is 18.3 Å². The molecular weight excluding hydrogens is 264 g/mol. The lowest BCUT2D eigenvalue weighted by Crippen LogP contribution is -2.37. The summed E-state index contributed by atoms with van der Waals surface area (Å²) in [6.07, 6.45) is 1.99. The highest BCUT2D eigenvalue weighted by atomic mass is 16.3. The van der Waals surface area contributed by atoms with Gasteiger partial charge in [0.15, 0.2) is 0 Å². The maximum absolute atomic E-state index is 9.46. The van der Waals surface area contributed by atoms with Gasteiger partial charge < -0.3 is 15.1 Å². The molecule has 0 spiro atoms. The summed E-state index contributed by atoms with van der Waals surface area (Å²) in [7, 11) is 0. The average molecular weight is 288 g/mol. The monoisotopic (exact) mass is 288 g/mol. The highest BCUT2D eigenvalue weighted by Gasteiger charge is 2.19. The lowest BCUT2D eigenvalue weighted by Gasteiger charge is -2.32. The number of aromatic nitrogens is 1. The summed E-state index contributed by atoms with van der Waals surface area (Å²) in [5.74, 6) is 0.861. The average Bonchev–Trinajstić information content (AvgIpc) is 2.54. The van der Waals surface area contributed by atoms with E-state index < -0.39 is 0 Å². The number of benzene rings is 1. The summed E-state index contributed by atoms with van der Waals surface area (Å²) in [5, 5.41) is 21.0. The molecule has 0 saturated heterocycles. The molecule has 114 valence electrons. The summed E-state index contributed by atoms with van der Waals surface area (Å²) in [6, 6.07) is 10.3. The summed E-state index contributed by atoms with van der Waals surface area (Å²) in [6.45, 7) is 4.87.